The summed E-state index contributed by atoms with van der Waals surface area (Å²) < 4.78 is 0. The van der Waals surface area contributed by atoms with Gasteiger partial charge in [0, 0.05) is 65.8 Å². The summed E-state index contributed by atoms with van der Waals surface area (Å²) in [5.74, 6) is 0.953. The standard InChI is InChI=1S/C17H32N6O2.HI/c1-3-18-17(20-14-16(25)23-7-4-5-8-23)19-6-9-21-10-12-22(13-11-21)15(2)24;/h3-14H2,1-2H3,(H2,18,19,20);1H. The van der Waals surface area contributed by atoms with E-state index < -0.39 is 0 Å². The molecule has 2 N–H and O–H groups in total. The van der Waals surface area contributed by atoms with Gasteiger partial charge >= 0.3 is 0 Å². The maximum absolute atomic E-state index is 12.1. The highest BCUT2D eigenvalue weighted by molar-refractivity contribution is 14.0. The Morgan fingerprint density at radius 3 is 2.19 bits per heavy atom. The average molecular weight is 480 g/mol. The molecule has 8 nitrogen and oxygen atoms in total. The maximum atomic E-state index is 12.1. The monoisotopic (exact) mass is 480 g/mol. The highest BCUT2D eigenvalue weighted by Crippen LogP contribution is 2.07. The van der Waals surface area contributed by atoms with Gasteiger partial charge in [0.2, 0.25) is 11.8 Å². The first-order valence-corrected chi connectivity index (χ1v) is 9.38. The number of nitrogens with one attached hydrogen (secondary N) is 2. The number of piperazine rings is 1. The highest BCUT2D eigenvalue weighted by Gasteiger charge is 2.19. The molecule has 2 heterocycles. The molecule has 2 saturated heterocycles. The van der Waals surface area contributed by atoms with Crippen molar-refractivity contribution in [1.29, 1.82) is 0 Å². The van der Waals surface area contributed by atoms with Gasteiger partial charge in [0.15, 0.2) is 5.96 Å². The minimum Gasteiger partial charge on any atom is -0.357 e. The van der Waals surface area contributed by atoms with Gasteiger partial charge in [-0.3, -0.25) is 14.5 Å². The third kappa shape index (κ3) is 7.65. The lowest BCUT2D eigenvalue weighted by Crippen LogP contribution is -2.50. The molecule has 0 radical (unpaired) electrons. The zero-order chi connectivity index (χ0) is 18.1. The summed E-state index contributed by atoms with van der Waals surface area (Å²) in [6.45, 7) is 11.4. The van der Waals surface area contributed by atoms with Crippen LogP contribution < -0.4 is 10.6 Å². The number of hydrogen-bond acceptors (Lipinski definition) is 4. The molecular formula is C17H33IN6O2. The molecule has 0 saturated carbocycles. The Hall–Kier alpha value is -1.10. The van der Waals surface area contributed by atoms with Gasteiger partial charge in [0.1, 0.15) is 6.54 Å². The Morgan fingerprint density at radius 1 is 0.962 bits per heavy atom. The topological polar surface area (TPSA) is 80.3 Å². The Morgan fingerprint density at radius 2 is 1.62 bits per heavy atom. The molecule has 0 atom stereocenters. The Balaban J connectivity index is 0.00000338. The summed E-state index contributed by atoms with van der Waals surface area (Å²) in [7, 11) is 0. The maximum Gasteiger partial charge on any atom is 0.244 e. The largest absolute Gasteiger partial charge is 0.357 e. The zero-order valence-corrected chi connectivity index (χ0v) is 18.3. The van der Waals surface area contributed by atoms with Crippen LogP contribution in [0.5, 0.6) is 0 Å². The zero-order valence-electron chi connectivity index (χ0n) is 16.0. The molecule has 2 rings (SSSR count). The van der Waals surface area contributed by atoms with Crippen molar-refractivity contribution >= 4 is 41.8 Å². The van der Waals surface area contributed by atoms with Crippen molar-refractivity contribution in [2.45, 2.75) is 26.7 Å². The van der Waals surface area contributed by atoms with E-state index in [4.69, 9.17) is 0 Å². The number of carbonyl (C=O) groups excluding carboxylic acids is 2. The number of aliphatic imine (C=N–C) groups is 1. The fraction of sp³-hybridized carbons (Fsp3) is 0.824. The number of amides is 2. The first-order chi connectivity index (χ1) is 12.1. The summed E-state index contributed by atoms with van der Waals surface area (Å²) in [6, 6.07) is 0. The Kier molecular flexibility index (Phi) is 10.9. The second-order valence-corrected chi connectivity index (χ2v) is 6.56. The summed E-state index contributed by atoms with van der Waals surface area (Å²) >= 11 is 0. The number of likely N-dealkylation sites (tertiary alicyclic amines) is 1. The Labute approximate surface area is 173 Å². The molecule has 9 heteroatoms. The molecule has 2 aliphatic heterocycles. The van der Waals surface area contributed by atoms with Gasteiger partial charge in [-0.05, 0) is 19.8 Å². The minimum absolute atomic E-state index is 0. The van der Waals surface area contributed by atoms with Crippen LogP contribution >= 0.6 is 24.0 Å². The number of rotatable bonds is 6. The fourth-order valence-corrected chi connectivity index (χ4v) is 3.17. The molecule has 2 aliphatic rings. The van der Waals surface area contributed by atoms with E-state index in [0.717, 1.165) is 71.7 Å². The summed E-state index contributed by atoms with van der Waals surface area (Å²) in [4.78, 5) is 34.0. The van der Waals surface area contributed by atoms with Crippen molar-refractivity contribution in [2.75, 3.05) is 65.4 Å². The van der Waals surface area contributed by atoms with Gasteiger partial charge in [-0.2, -0.15) is 0 Å². The smallest absolute Gasteiger partial charge is 0.244 e. The van der Waals surface area contributed by atoms with Crippen molar-refractivity contribution in [3.05, 3.63) is 0 Å². The predicted molar refractivity (Wildman–Crippen MR) is 114 cm³/mol. The number of hydrogen-bond donors (Lipinski definition) is 2. The molecule has 0 aromatic rings. The average Bonchev–Trinajstić information content (AvgIpc) is 3.14. The second kappa shape index (κ2) is 12.3. The Bertz CT molecular complexity index is 474. The molecule has 0 aromatic carbocycles. The lowest BCUT2D eigenvalue weighted by molar-refractivity contribution is -0.130. The van der Waals surface area contributed by atoms with Gasteiger partial charge < -0.3 is 20.4 Å². The fourth-order valence-electron chi connectivity index (χ4n) is 3.17. The van der Waals surface area contributed by atoms with Crippen LogP contribution in [0.15, 0.2) is 4.99 Å². The number of guanidine groups is 1. The quantitative estimate of drug-likeness (QED) is 0.317. The van der Waals surface area contributed by atoms with E-state index in [1.54, 1.807) is 6.92 Å². The molecular weight excluding hydrogens is 447 g/mol. The molecule has 0 aromatic heterocycles. The molecule has 0 aliphatic carbocycles. The lowest BCUT2D eigenvalue weighted by atomic mass is 10.3. The molecule has 26 heavy (non-hydrogen) atoms. The predicted octanol–water partition coefficient (Wildman–Crippen LogP) is -0.0540. The van der Waals surface area contributed by atoms with Crippen molar-refractivity contribution in [3.63, 3.8) is 0 Å². The van der Waals surface area contributed by atoms with Crippen LogP contribution in [0.3, 0.4) is 0 Å². The van der Waals surface area contributed by atoms with Crippen LogP contribution in [0.25, 0.3) is 0 Å². The van der Waals surface area contributed by atoms with Gasteiger partial charge in [-0.1, -0.05) is 0 Å². The number of halogens is 1. The molecule has 2 amide bonds. The first-order valence-electron chi connectivity index (χ1n) is 9.38. The molecule has 0 bridgehead atoms. The van der Waals surface area contributed by atoms with Crippen LogP contribution in [-0.2, 0) is 9.59 Å². The van der Waals surface area contributed by atoms with Crippen LogP contribution in [-0.4, -0.2) is 97.9 Å². The van der Waals surface area contributed by atoms with E-state index >= 15 is 0 Å². The highest BCUT2D eigenvalue weighted by atomic mass is 127. The first kappa shape index (κ1) is 22.9. The van der Waals surface area contributed by atoms with Crippen molar-refractivity contribution in [3.8, 4) is 0 Å². The van der Waals surface area contributed by atoms with Crippen molar-refractivity contribution in [2.24, 2.45) is 4.99 Å². The van der Waals surface area contributed by atoms with E-state index in [-0.39, 0.29) is 42.3 Å². The van der Waals surface area contributed by atoms with Gasteiger partial charge in [-0.15, -0.1) is 24.0 Å². The molecule has 150 valence electrons. The summed E-state index contributed by atoms with van der Waals surface area (Å²) in [5, 5.41) is 6.48. The van der Waals surface area contributed by atoms with Crippen LogP contribution in [0.1, 0.15) is 26.7 Å². The number of nitrogens with zero attached hydrogens (tertiary/aromatic N) is 4. The minimum atomic E-state index is 0. The molecule has 2 fully saturated rings. The van der Waals surface area contributed by atoms with Crippen molar-refractivity contribution in [1.82, 2.24) is 25.3 Å². The molecule has 0 spiro atoms. The van der Waals surface area contributed by atoms with E-state index in [9.17, 15) is 9.59 Å². The SMILES string of the molecule is CCNC(=NCC(=O)N1CCCC1)NCCN1CCN(C(C)=O)CC1.I. The number of carbonyl (C=O) groups is 2. The normalized spacial score (nSPS) is 18.5. The molecule has 0 unspecified atom stereocenters. The van der Waals surface area contributed by atoms with E-state index in [1.807, 2.05) is 16.7 Å². The summed E-state index contributed by atoms with van der Waals surface area (Å²) in [5.41, 5.74) is 0. The third-order valence-electron chi connectivity index (χ3n) is 4.71. The van der Waals surface area contributed by atoms with E-state index in [2.05, 4.69) is 20.5 Å². The second-order valence-electron chi connectivity index (χ2n) is 6.56. The van der Waals surface area contributed by atoms with Crippen LogP contribution in [0, 0.1) is 0 Å². The van der Waals surface area contributed by atoms with E-state index in [1.165, 1.54) is 0 Å². The van der Waals surface area contributed by atoms with Crippen LogP contribution in [0.2, 0.25) is 0 Å². The summed E-state index contributed by atoms with van der Waals surface area (Å²) in [6.07, 6.45) is 2.20. The van der Waals surface area contributed by atoms with Crippen molar-refractivity contribution < 1.29 is 9.59 Å². The third-order valence-corrected chi connectivity index (χ3v) is 4.71. The van der Waals surface area contributed by atoms with E-state index in [0.29, 0.717) is 5.96 Å². The van der Waals surface area contributed by atoms with Gasteiger partial charge in [-0.25, -0.2) is 4.99 Å². The lowest BCUT2D eigenvalue weighted by Gasteiger charge is -2.34. The van der Waals surface area contributed by atoms with Crippen LogP contribution in [0.4, 0.5) is 0 Å². The van der Waals surface area contributed by atoms with Gasteiger partial charge in [0.25, 0.3) is 0 Å². The van der Waals surface area contributed by atoms with Gasteiger partial charge in [0.05, 0.1) is 0 Å².